The Morgan fingerprint density at radius 2 is 1.60 bits per heavy atom. The van der Waals surface area contributed by atoms with Crippen LogP contribution in [0.3, 0.4) is 0 Å². The van der Waals surface area contributed by atoms with Crippen LogP contribution in [0.4, 0.5) is 5.69 Å². The molecule has 0 saturated carbocycles. The number of benzene rings is 1. The number of imide groups is 1. The summed E-state index contributed by atoms with van der Waals surface area (Å²) in [6.07, 6.45) is 5.11. The molecule has 0 bridgehead atoms. The summed E-state index contributed by atoms with van der Waals surface area (Å²) in [7, 11) is 0. The van der Waals surface area contributed by atoms with Crippen LogP contribution >= 0.6 is 0 Å². The van der Waals surface area contributed by atoms with E-state index in [1.54, 1.807) is 24.3 Å². The van der Waals surface area contributed by atoms with E-state index in [0.717, 1.165) is 0 Å². The topological polar surface area (TPSA) is 54.5 Å². The number of rotatable bonds is 2. The van der Waals surface area contributed by atoms with Gasteiger partial charge in [-0.25, -0.2) is 4.90 Å². The molecular weight excluding hydrogens is 254 g/mol. The van der Waals surface area contributed by atoms with Gasteiger partial charge in [0.1, 0.15) is 0 Å². The van der Waals surface area contributed by atoms with E-state index in [-0.39, 0.29) is 29.4 Å². The lowest BCUT2D eigenvalue weighted by atomic mass is 9.85. The summed E-state index contributed by atoms with van der Waals surface area (Å²) in [5, 5.41) is 0. The maximum absolute atomic E-state index is 12.5. The largest absolute Gasteiger partial charge is 0.294 e. The van der Waals surface area contributed by atoms with Gasteiger partial charge in [0, 0.05) is 5.56 Å². The fourth-order valence-corrected chi connectivity index (χ4v) is 3.00. The Bertz CT molecular complexity index is 606. The van der Waals surface area contributed by atoms with Gasteiger partial charge in [-0.1, -0.05) is 24.3 Å². The first-order chi connectivity index (χ1) is 9.61. The normalized spacial score (nSPS) is 24.9. The Morgan fingerprint density at radius 3 is 2.15 bits per heavy atom. The second kappa shape index (κ2) is 4.71. The van der Waals surface area contributed by atoms with Crippen LogP contribution in [0.25, 0.3) is 0 Å². The molecule has 2 aliphatic rings. The number of ketones is 1. The molecular formula is C16H15NO3. The van der Waals surface area contributed by atoms with Crippen LogP contribution in [0.2, 0.25) is 0 Å². The van der Waals surface area contributed by atoms with E-state index in [4.69, 9.17) is 0 Å². The number of Topliss-reactive ketones (excluding diaryl/α,β-unsaturated/α-hetero) is 1. The summed E-state index contributed by atoms with van der Waals surface area (Å²) in [5.41, 5.74) is 0.838. The highest BCUT2D eigenvalue weighted by molar-refractivity contribution is 6.24. The average molecular weight is 269 g/mol. The van der Waals surface area contributed by atoms with Crippen molar-refractivity contribution in [3.05, 3.63) is 42.0 Å². The third kappa shape index (κ3) is 1.80. The monoisotopic (exact) mass is 269 g/mol. The van der Waals surface area contributed by atoms with Crippen molar-refractivity contribution in [1.82, 2.24) is 0 Å². The van der Waals surface area contributed by atoms with Crippen LogP contribution in [0.15, 0.2) is 36.4 Å². The zero-order chi connectivity index (χ0) is 14.3. The molecule has 1 fully saturated rings. The van der Waals surface area contributed by atoms with E-state index < -0.39 is 0 Å². The molecule has 2 unspecified atom stereocenters. The first kappa shape index (κ1) is 12.8. The van der Waals surface area contributed by atoms with Crippen LogP contribution in [-0.2, 0) is 9.59 Å². The molecule has 0 spiro atoms. The lowest BCUT2D eigenvalue weighted by Gasteiger charge is -2.17. The van der Waals surface area contributed by atoms with Gasteiger partial charge in [0.15, 0.2) is 5.78 Å². The third-order valence-corrected chi connectivity index (χ3v) is 4.03. The van der Waals surface area contributed by atoms with Crippen LogP contribution in [-0.4, -0.2) is 17.6 Å². The van der Waals surface area contributed by atoms with Crippen molar-refractivity contribution in [3.63, 3.8) is 0 Å². The zero-order valence-corrected chi connectivity index (χ0v) is 11.2. The van der Waals surface area contributed by atoms with E-state index in [1.165, 1.54) is 11.8 Å². The Hall–Kier alpha value is -2.23. The molecule has 3 rings (SSSR count). The van der Waals surface area contributed by atoms with Gasteiger partial charge in [0.2, 0.25) is 11.8 Å². The van der Waals surface area contributed by atoms with Crippen molar-refractivity contribution >= 4 is 23.3 Å². The minimum absolute atomic E-state index is 0.144. The molecule has 20 heavy (non-hydrogen) atoms. The van der Waals surface area contributed by atoms with E-state index >= 15 is 0 Å². The van der Waals surface area contributed by atoms with Crippen molar-refractivity contribution in [2.24, 2.45) is 11.8 Å². The van der Waals surface area contributed by atoms with Crippen molar-refractivity contribution in [2.45, 2.75) is 19.8 Å². The van der Waals surface area contributed by atoms with E-state index in [9.17, 15) is 14.4 Å². The van der Waals surface area contributed by atoms with Gasteiger partial charge in [-0.2, -0.15) is 0 Å². The van der Waals surface area contributed by atoms with E-state index in [0.29, 0.717) is 24.1 Å². The number of amides is 2. The maximum atomic E-state index is 12.5. The summed E-state index contributed by atoms with van der Waals surface area (Å²) < 4.78 is 0. The quantitative estimate of drug-likeness (QED) is 0.470. The van der Waals surface area contributed by atoms with Gasteiger partial charge >= 0.3 is 0 Å². The Balaban J connectivity index is 2.06. The molecule has 102 valence electrons. The number of hydrogen-bond acceptors (Lipinski definition) is 3. The fraction of sp³-hybridized carbons (Fsp3) is 0.312. The summed E-state index contributed by atoms with van der Waals surface area (Å²) in [4.78, 5) is 37.9. The SMILES string of the molecule is CC(=O)c1ccccc1N1C(=O)C2CC=CCC2C1=O. The first-order valence-electron chi connectivity index (χ1n) is 6.74. The summed E-state index contributed by atoms with van der Waals surface area (Å²) in [5.74, 6) is -1.05. The summed E-state index contributed by atoms with van der Waals surface area (Å²) >= 11 is 0. The zero-order valence-electron chi connectivity index (χ0n) is 11.2. The van der Waals surface area contributed by atoms with Crippen molar-refractivity contribution in [2.75, 3.05) is 4.90 Å². The molecule has 0 radical (unpaired) electrons. The Morgan fingerprint density at radius 1 is 1.05 bits per heavy atom. The van der Waals surface area contributed by atoms with Crippen LogP contribution in [0.5, 0.6) is 0 Å². The molecule has 1 saturated heterocycles. The molecule has 1 aliphatic carbocycles. The number of fused-ring (bicyclic) bond motifs is 1. The first-order valence-corrected chi connectivity index (χ1v) is 6.74. The number of allylic oxidation sites excluding steroid dienone is 2. The number of nitrogens with zero attached hydrogens (tertiary/aromatic N) is 1. The second-order valence-electron chi connectivity index (χ2n) is 5.24. The number of para-hydroxylation sites is 1. The van der Waals surface area contributed by atoms with Gasteiger partial charge in [-0.3, -0.25) is 14.4 Å². The molecule has 0 aromatic heterocycles. The number of carbonyl (C=O) groups excluding carboxylic acids is 3. The standard InChI is InChI=1S/C16H15NO3/c1-10(18)11-6-4-5-9-14(11)17-15(19)12-7-2-3-8-13(12)16(17)20/h2-6,9,12-13H,7-8H2,1H3. The molecule has 1 aliphatic heterocycles. The van der Waals surface area contributed by atoms with Gasteiger partial charge in [0.05, 0.1) is 17.5 Å². The highest BCUT2D eigenvalue weighted by Crippen LogP contribution is 2.38. The Kier molecular flexibility index (Phi) is 3.01. The van der Waals surface area contributed by atoms with Gasteiger partial charge in [-0.05, 0) is 31.9 Å². The third-order valence-electron chi connectivity index (χ3n) is 4.03. The predicted octanol–water partition coefficient (Wildman–Crippen LogP) is 2.34. The van der Waals surface area contributed by atoms with Crippen LogP contribution in [0.1, 0.15) is 30.1 Å². The number of anilines is 1. The summed E-state index contributed by atoms with van der Waals surface area (Å²) in [6, 6.07) is 6.79. The van der Waals surface area contributed by atoms with E-state index in [2.05, 4.69) is 0 Å². The molecule has 2 atom stereocenters. The van der Waals surface area contributed by atoms with Crippen LogP contribution < -0.4 is 4.90 Å². The van der Waals surface area contributed by atoms with E-state index in [1.807, 2.05) is 12.2 Å². The lowest BCUT2D eigenvalue weighted by molar-refractivity contribution is -0.122. The van der Waals surface area contributed by atoms with Crippen LogP contribution in [0, 0.1) is 11.8 Å². The highest BCUT2D eigenvalue weighted by atomic mass is 16.2. The molecule has 2 amide bonds. The maximum Gasteiger partial charge on any atom is 0.238 e. The van der Waals surface area contributed by atoms with Crippen molar-refractivity contribution < 1.29 is 14.4 Å². The number of hydrogen-bond donors (Lipinski definition) is 0. The highest BCUT2D eigenvalue weighted by Gasteiger charge is 2.48. The molecule has 4 heteroatoms. The molecule has 1 aromatic carbocycles. The molecule has 1 aromatic rings. The lowest BCUT2D eigenvalue weighted by Crippen LogP contribution is -2.32. The van der Waals surface area contributed by atoms with Gasteiger partial charge < -0.3 is 0 Å². The minimum atomic E-state index is -0.271. The Labute approximate surface area is 117 Å². The van der Waals surface area contributed by atoms with Gasteiger partial charge in [0.25, 0.3) is 0 Å². The van der Waals surface area contributed by atoms with Crippen molar-refractivity contribution in [3.8, 4) is 0 Å². The second-order valence-corrected chi connectivity index (χ2v) is 5.24. The predicted molar refractivity (Wildman–Crippen MR) is 74.3 cm³/mol. The van der Waals surface area contributed by atoms with Gasteiger partial charge in [-0.15, -0.1) is 0 Å². The number of carbonyl (C=O) groups is 3. The molecule has 4 nitrogen and oxygen atoms in total. The molecule has 0 N–H and O–H groups in total. The summed E-state index contributed by atoms with van der Waals surface area (Å²) in [6.45, 7) is 1.44. The smallest absolute Gasteiger partial charge is 0.238 e. The van der Waals surface area contributed by atoms with Crippen molar-refractivity contribution in [1.29, 1.82) is 0 Å². The molecule has 1 heterocycles. The fourth-order valence-electron chi connectivity index (χ4n) is 3.00. The minimum Gasteiger partial charge on any atom is -0.294 e. The average Bonchev–Trinajstić information content (AvgIpc) is 2.71.